The van der Waals surface area contributed by atoms with Gasteiger partial charge in [-0.15, -0.1) is 0 Å². The van der Waals surface area contributed by atoms with Crippen LogP contribution in [-0.2, 0) is 4.74 Å². The first-order valence-electron chi connectivity index (χ1n) is 9.73. The fraction of sp³-hybridized carbons (Fsp3) is 0.500. The summed E-state index contributed by atoms with van der Waals surface area (Å²) >= 11 is 0. The third-order valence-corrected chi connectivity index (χ3v) is 5.59. The van der Waals surface area contributed by atoms with Gasteiger partial charge in [-0.05, 0) is 24.8 Å². The van der Waals surface area contributed by atoms with Gasteiger partial charge in [-0.2, -0.15) is 0 Å². The first-order chi connectivity index (χ1) is 12.4. The fourth-order valence-electron chi connectivity index (χ4n) is 4.20. The van der Waals surface area contributed by atoms with E-state index in [4.69, 9.17) is 9.73 Å². The third kappa shape index (κ3) is 4.04. The molecule has 1 aliphatic heterocycles. The summed E-state index contributed by atoms with van der Waals surface area (Å²) in [5, 5.41) is 3.69. The zero-order valence-electron chi connectivity index (χ0n) is 14.8. The van der Waals surface area contributed by atoms with Crippen molar-refractivity contribution in [1.29, 1.82) is 0 Å². The third-order valence-electron chi connectivity index (χ3n) is 5.59. The molecular weight excluding hydrogens is 308 g/mol. The minimum absolute atomic E-state index is 0.173. The number of aliphatic imine (C=N–C) groups is 1. The van der Waals surface area contributed by atoms with Gasteiger partial charge in [-0.1, -0.05) is 73.9 Å². The Morgan fingerprint density at radius 3 is 2.64 bits per heavy atom. The van der Waals surface area contributed by atoms with E-state index in [0.717, 1.165) is 12.3 Å². The second-order valence-corrected chi connectivity index (χ2v) is 7.39. The van der Waals surface area contributed by atoms with Gasteiger partial charge in [0.05, 0.1) is 18.2 Å². The second-order valence-electron chi connectivity index (χ2n) is 7.39. The van der Waals surface area contributed by atoms with Gasteiger partial charge in [-0.25, -0.2) is 0 Å². The van der Waals surface area contributed by atoms with Gasteiger partial charge in [0.15, 0.2) is 0 Å². The maximum absolute atomic E-state index is 6.16. The monoisotopic (exact) mass is 336 g/mol. The number of amidine groups is 1. The highest BCUT2D eigenvalue weighted by Crippen LogP contribution is 2.33. The average molecular weight is 336 g/mol. The highest BCUT2D eigenvalue weighted by molar-refractivity contribution is 5.86. The quantitative estimate of drug-likeness (QED) is 0.854. The Labute approximate surface area is 150 Å². The van der Waals surface area contributed by atoms with Gasteiger partial charge >= 0.3 is 0 Å². The minimum atomic E-state index is 0.173. The van der Waals surface area contributed by atoms with Crippen molar-refractivity contribution < 1.29 is 4.74 Å². The molecule has 1 fully saturated rings. The summed E-state index contributed by atoms with van der Waals surface area (Å²) < 4.78 is 6.16. The lowest BCUT2D eigenvalue weighted by Gasteiger charge is -2.27. The molecule has 3 atom stereocenters. The molecule has 1 saturated carbocycles. The van der Waals surface area contributed by atoms with Crippen LogP contribution in [-0.4, -0.2) is 24.6 Å². The van der Waals surface area contributed by atoms with Gasteiger partial charge < -0.3 is 10.1 Å². The van der Waals surface area contributed by atoms with Crippen molar-refractivity contribution in [3.8, 4) is 0 Å². The van der Waals surface area contributed by atoms with Crippen LogP contribution in [0, 0.1) is 5.92 Å². The van der Waals surface area contributed by atoms with Crippen molar-refractivity contribution >= 4 is 5.84 Å². The molecule has 0 aromatic heterocycles. The van der Waals surface area contributed by atoms with Gasteiger partial charge in [0, 0.05) is 5.92 Å². The van der Waals surface area contributed by atoms with Crippen molar-refractivity contribution in [3.05, 3.63) is 60.2 Å². The number of hydrogen-bond acceptors (Lipinski definition) is 3. The van der Waals surface area contributed by atoms with E-state index >= 15 is 0 Å². The summed E-state index contributed by atoms with van der Waals surface area (Å²) in [4.78, 5) is 5.02. The van der Waals surface area contributed by atoms with Crippen molar-refractivity contribution in [2.24, 2.45) is 10.9 Å². The van der Waals surface area contributed by atoms with Crippen molar-refractivity contribution in [2.75, 3.05) is 6.61 Å². The summed E-state index contributed by atoms with van der Waals surface area (Å²) in [6.07, 6.45) is 16.7. The number of ether oxygens (including phenoxy) is 1. The van der Waals surface area contributed by atoms with Crippen LogP contribution in [0.5, 0.6) is 0 Å². The molecule has 25 heavy (non-hydrogen) atoms. The number of allylic oxidation sites excluding steroid dienone is 3. The largest absolute Gasteiger partial charge is 0.370 e. The zero-order valence-corrected chi connectivity index (χ0v) is 14.8. The molecule has 4 rings (SSSR count). The molecule has 3 nitrogen and oxygen atoms in total. The van der Waals surface area contributed by atoms with Crippen molar-refractivity contribution in [2.45, 2.75) is 56.7 Å². The normalized spacial score (nSPS) is 29.4. The molecule has 0 spiro atoms. The Bertz CT molecular complexity index is 643. The van der Waals surface area contributed by atoms with E-state index in [0.29, 0.717) is 24.7 Å². The molecule has 3 heteroatoms. The van der Waals surface area contributed by atoms with Crippen LogP contribution in [0.4, 0.5) is 0 Å². The second kappa shape index (κ2) is 8.01. The summed E-state index contributed by atoms with van der Waals surface area (Å²) in [7, 11) is 0. The Hall–Kier alpha value is -1.87. The predicted molar refractivity (Wildman–Crippen MR) is 103 cm³/mol. The Balaban J connectivity index is 1.46. The highest BCUT2D eigenvalue weighted by atomic mass is 16.5. The molecule has 1 heterocycles. The van der Waals surface area contributed by atoms with Gasteiger partial charge in [0.25, 0.3) is 0 Å². The standard InChI is InChI=1S/C22H28N2O/c1-4-10-17(11-5-1)21-22(18-12-6-2-7-13-18)24-20(23-21)16-25-19-14-8-3-9-15-19/h1-2,4-7,10-12,18-19,21-22H,3,8-9,13-16H2,(H,23,24)/t18?,21-,22+/m1/s1. The summed E-state index contributed by atoms with van der Waals surface area (Å²) in [6, 6.07) is 11.2. The molecule has 3 aliphatic rings. The molecule has 1 aromatic carbocycles. The van der Waals surface area contributed by atoms with E-state index in [1.165, 1.54) is 37.7 Å². The molecule has 0 bridgehead atoms. The Kier molecular flexibility index (Phi) is 5.31. The van der Waals surface area contributed by atoms with Crippen molar-refractivity contribution in [3.63, 3.8) is 0 Å². The topological polar surface area (TPSA) is 33.6 Å². The van der Waals surface area contributed by atoms with Gasteiger partial charge in [0.1, 0.15) is 12.4 Å². The van der Waals surface area contributed by atoms with E-state index in [9.17, 15) is 0 Å². The lowest BCUT2D eigenvalue weighted by atomic mass is 9.86. The summed E-state index contributed by atoms with van der Waals surface area (Å²) in [5.41, 5.74) is 1.29. The van der Waals surface area contributed by atoms with Crippen LogP contribution in [0.1, 0.15) is 50.1 Å². The maximum atomic E-state index is 6.16. The first kappa shape index (κ1) is 16.6. The van der Waals surface area contributed by atoms with Gasteiger partial charge in [-0.3, -0.25) is 4.99 Å². The SMILES string of the molecule is C1=CCC([C@@H]2NC(COC3CCCCC3)=N[C@@H]2c2ccccc2)C=C1. The lowest BCUT2D eigenvalue weighted by molar-refractivity contribution is 0.0519. The molecular formula is C22H28N2O. The van der Waals surface area contributed by atoms with Crippen LogP contribution < -0.4 is 5.32 Å². The molecule has 0 saturated heterocycles. The zero-order chi connectivity index (χ0) is 16.9. The number of benzene rings is 1. The number of hydrogen-bond donors (Lipinski definition) is 1. The smallest absolute Gasteiger partial charge is 0.124 e. The summed E-state index contributed by atoms with van der Waals surface area (Å²) in [6.45, 7) is 0.622. The van der Waals surface area contributed by atoms with Crippen LogP contribution >= 0.6 is 0 Å². The molecule has 1 aromatic rings. The van der Waals surface area contributed by atoms with E-state index < -0.39 is 0 Å². The van der Waals surface area contributed by atoms with Crippen LogP contribution in [0.3, 0.4) is 0 Å². The maximum Gasteiger partial charge on any atom is 0.124 e. The highest BCUT2D eigenvalue weighted by Gasteiger charge is 2.34. The van der Waals surface area contributed by atoms with E-state index in [-0.39, 0.29) is 6.04 Å². The Morgan fingerprint density at radius 2 is 1.88 bits per heavy atom. The summed E-state index contributed by atoms with van der Waals surface area (Å²) in [5.74, 6) is 1.50. The molecule has 2 aliphatic carbocycles. The van der Waals surface area contributed by atoms with Crippen molar-refractivity contribution in [1.82, 2.24) is 5.32 Å². The number of rotatable bonds is 5. The first-order valence-corrected chi connectivity index (χ1v) is 9.73. The lowest BCUT2D eigenvalue weighted by Crippen LogP contribution is -2.39. The molecule has 0 radical (unpaired) electrons. The molecule has 0 amide bonds. The van der Waals surface area contributed by atoms with Crippen LogP contribution in [0.15, 0.2) is 59.6 Å². The Morgan fingerprint density at radius 1 is 1.04 bits per heavy atom. The molecule has 132 valence electrons. The van der Waals surface area contributed by atoms with Crippen LogP contribution in [0.2, 0.25) is 0 Å². The minimum Gasteiger partial charge on any atom is -0.370 e. The number of nitrogens with one attached hydrogen (secondary N) is 1. The fourth-order valence-corrected chi connectivity index (χ4v) is 4.20. The van der Waals surface area contributed by atoms with Gasteiger partial charge in [0.2, 0.25) is 0 Å². The van der Waals surface area contributed by atoms with E-state index in [2.05, 4.69) is 60.0 Å². The molecule has 1 N–H and O–H groups in total. The van der Waals surface area contributed by atoms with E-state index in [1.807, 2.05) is 0 Å². The number of nitrogens with zero attached hydrogens (tertiary/aromatic N) is 1. The van der Waals surface area contributed by atoms with Crippen LogP contribution in [0.25, 0.3) is 0 Å². The van der Waals surface area contributed by atoms with E-state index in [1.54, 1.807) is 0 Å². The molecule has 1 unspecified atom stereocenters. The predicted octanol–water partition coefficient (Wildman–Crippen LogP) is 4.58. The average Bonchev–Trinajstić information content (AvgIpc) is 3.13.